The number of nitrogens with one attached hydrogen (secondary N) is 4. The van der Waals surface area contributed by atoms with Gasteiger partial charge in [0.25, 0.3) is 5.91 Å². The number of hydrogen-bond donors (Lipinski definition) is 4. The van der Waals surface area contributed by atoms with Crippen molar-refractivity contribution in [3.63, 3.8) is 0 Å². The van der Waals surface area contributed by atoms with Gasteiger partial charge in [0.15, 0.2) is 5.11 Å². The number of amides is 2. The number of ether oxygens (including phenoxy) is 1. The van der Waals surface area contributed by atoms with Crippen molar-refractivity contribution in [3.05, 3.63) is 35.9 Å². The zero-order valence-electron chi connectivity index (χ0n) is 13.4. The topological polar surface area (TPSA) is 91.5 Å². The fourth-order valence-electron chi connectivity index (χ4n) is 1.53. The van der Waals surface area contributed by atoms with Crippen LogP contribution in [-0.2, 0) is 16.1 Å². The summed E-state index contributed by atoms with van der Waals surface area (Å²) in [5.41, 5.74) is 5.83. The van der Waals surface area contributed by atoms with Gasteiger partial charge in [0.2, 0.25) is 0 Å². The molecule has 1 aromatic rings. The van der Waals surface area contributed by atoms with Crippen molar-refractivity contribution in [3.8, 4) is 0 Å². The van der Waals surface area contributed by atoms with Crippen molar-refractivity contribution >= 4 is 29.3 Å². The van der Waals surface area contributed by atoms with Crippen molar-refractivity contribution in [2.24, 2.45) is 0 Å². The first kappa shape index (κ1) is 18.7. The number of carbonyl (C=O) groups excluding carboxylic acids is 2. The summed E-state index contributed by atoms with van der Waals surface area (Å²) >= 11 is 4.97. The minimum atomic E-state index is -0.771. The van der Waals surface area contributed by atoms with Crippen molar-refractivity contribution in [1.29, 1.82) is 0 Å². The fourth-order valence-corrected chi connectivity index (χ4v) is 1.82. The number of rotatable bonds is 5. The lowest BCUT2D eigenvalue weighted by molar-refractivity contribution is -0.123. The van der Waals surface area contributed by atoms with E-state index in [2.05, 4.69) is 21.5 Å². The molecule has 23 heavy (non-hydrogen) atoms. The lowest BCUT2D eigenvalue weighted by Gasteiger charge is -2.17. The van der Waals surface area contributed by atoms with Gasteiger partial charge in [0.1, 0.15) is 12.6 Å². The van der Waals surface area contributed by atoms with Gasteiger partial charge in [-0.3, -0.25) is 15.6 Å². The second-order valence-corrected chi connectivity index (χ2v) is 5.58. The predicted octanol–water partition coefficient (Wildman–Crippen LogP) is 1.21. The summed E-state index contributed by atoms with van der Waals surface area (Å²) in [6.45, 7) is 5.52. The molecule has 126 valence electrons. The van der Waals surface area contributed by atoms with Gasteiger partial charge < -0.3 is 15.4 Å². The van der Waals surface area contributed by atoms with Gasteiger partial charge in [0.05, 0.1) is 0 Å². The number of carbonyl (C=O) groups is 2. The SMILES string of the molecule is CC(C)NC(=S)NNC(=O)[C@H](C)NC(=O)OCc1ccccc1. The smallest absolute Gasteiger partial charge is 0.408 e. The van der Waals surface area contributed by atoms with Gasteiger partial charge in [0, 0.05) is 6.04 Å². The summed E-state index contributed by atoms with van der Waals surface area (Å²) in [6, 6.07) is 8.65. The second kappa shape index (κ2) is 9.62. The molecule has 0 saturated heterocycles. The van der Waals surface area contributed by atoms with E-state index in [9.17, 15) is 9.59 Å². The quantitative estimate of drug-likeness (QED) is 0.476. The predicted molar refractivity (Wildman–Crippen MR) is 91.4 cm³/mol. The molecule has 0 aliphatic rings. The maximum absolute atomic E-state index is 11.8. The van der Waals surface area contributed by atoms with E-state index in [4.69, 9.17) is 17.0 Å². The highest BCUT2D eigenvalue weighted by atomic mass is 32.1. The molecule has 0 heterocycles. The molecule has 0 saturated carbocycles. The van der Waals surface area contributed by atoms with Crippen LogP contribution >= 0.6 is 12.2 Å². The molecule has 1 rings (SSSR count). The first-order chi connectivity index (χ1) is 10.9. The monoisotopic (exact) mass is 338 g/mol. The van der Waals surface area contributed by atoms with Crippen LogP contribution in [0.25, 0.3) is 0 Å². The van der Waals surface area contributed by atoms with Crippen LogP contribution < -0.4 is 21.5 Å². The summed E-state index contributed by atoms with van der Waals surface area (Å²) in [5, 5.41) is 5.65. The van der Waals surface area contributed by atoms with Crippen molar-refractivity contribution in [1.82, 2.24) is 21.5 Å². The molecule has 0 fully saturated rings. The Hall–Kier alpha value is -2.35. The maximum atomic E-state index is 11.8. The third kappa shape index (κ3) is 8.01. The Morgan fingerprint density at radius 3 is 2.35 bits per heavy atom. The third-order valence-electron chi connectivity index (χ3n) is 2.66. The first-order valence-corrected chi connectivity index (χ1v) is 7.63. The van der Waals surface area contributed by atoms with E-state index >= 15 is 0 Å². The van der Waals surface area contributed by atoms with Crippen molar-refractivity contribution in [2.75, 3.05) is 0 Å². The van der Waals surface area contributed by atoms with Crippen LogP contribution in [0.15, 0.2) is 30.3 Å². The van der Waals surface area contributed by atoms with Gasteiger partial charge in [-0.15, -0.1) is 0 Å². The van der Waals surface area contributed by atoms with Gasteiger partial charge >= 0.3 is 6.09 Å². The minimum Gasteiger partial charge on any atom is -0.445 e. The van der Waals surface area contributed by atoms with Crippen LogP contribution in [0, 0.1) is 0 Å². The fraction of sp³-hybridized carbons (Fsp3) is 0.400. The molecule has 0 radical (unpaired) electrons. The second-order valence-electron chi connectivity index (χ2n) is 5.17. The Morgan fingerprint density at radius 1 is 1.09 bits per heavy atom. The minimum absolute atomic E-state index is 0.141. The summed E-state index contributed by atoms with van der Waals surface area (Å²) in [5.74, 6) is -0.436. The standard InChI is InChI=1S/C15H22N4O3S/c1-10(2)16-14(23)19-18-13(20)11(3)17-15(21)22-9-12-7-5-4-6-8-12/h4-8,10-11H,9H2,1-3H3,(H,17,21)(H,18,20)(H2,16,19,23)/t11-/m0/s1. The lowest BCUT2D eigenvalue weighted by Crippen LogP contribution is -2.54. The van der Waals surface area contributed by atoms with Crippen molar-refractivity contribution < 1.29 is 14.3 Å². The average molecular weight is 338 g/mol. The Bertz CT molecular complexity index is 537. The molecule has 0 aromatic heterocycles. The molecule has 1 aromatic carbocycles. The summed E-state index contributed by atoms with van der Waals surface area (Å²) in [7, 11) is 0. The van der Waals surface area contributed by atoms with Crippen LogP contribution in [0.1, 0.15) is 26.3 Å². The van der Waals surface area contributed by atoms with E-state index in [1.165, 1.54) is 0 Å². The molecule has 0 spiro atoms. The van der Waals surface area contributed by atoms with Gasteiger partial charge in [-0.1, -0.05) is 30.3 Å². The molecule has 7 nitrogen and oxygen atoms in total. The zero-order chi connectivity index (χ0) is 17.2. The normalized spacial score (nSPS) is 11.3. The van der Waals surface area contributed by atoms with Crippen LogP contribution in [0.5, 0.6) is 0 Å². The summed E-state index contributed by atoms with van der Waals surface area (Å²) in [6.07, 6.45) is -0.667. The molecule has 8 heteroatoms. The average Bonchev–Trinajstić information content (AvgIpc) is 2.51. The van der Waals surface area contributed by atoms with Gasteiger partial charge in [-0.05, 0) is 38.6 Å². The number of hydrogen-bond acceptors (Lipinski definition) is 4. The Morgan fingerprint density at radius 2 is 1.74 bits per heavy atom. The third-order valence-corrected chi connectivity index (χ3v) is 2.88. The van der Waals surface area contributed by atoms with Crippen LogP contribution in [0.4, 0.5) is 4.79 Å². The summed E-state index contributed by atoms with van der Waals surface area (Å²) in [4.78, 5) is 23.5. The van der Waals surface area contributed by atoms with E-state index in [0.29, 0.717) is 5.11 Å². The number of hydrazine groups is 1. The van der Waals surface area contributed by atoms with Crippen molar-refractivity contribution in [2.45, 2.75) is 39.5 Å². The first-order valence-electron chi connectivity index (χ1n) is 7.22. The molecular formula is C15H22N4O3S. The molecule has 0 bridgehead atoms. The molecule has 0 unspecified atom stereocenters. The highest BCUT2D eigenvalue weighted by Crippen LogP contribution is 2.00. The van der Waals surface area contributed by atoms with Crippen LogP contribution in [-0.4, -0.2) is 29.2 Å². The largest absolute Gasteiger partial charge is 0.445 e. The number of thiocarbonyl (C=S) groups is 1. The maximum Gasteiger partial charge on any atom is 0.408 e. The van der Waals surface area contributed by atoms with Crippen LogP contribution in [0.3, 0.4) is 0 Å². The van der Waals surface area contributed by atoms with E-state index in [-0.39, 0.29) is 12.6 Å². The highest BCUT2D eigenvalue weighted by Gasteiger charge is 2.16. The van der Waals surface area contributed by atoms with Gasteiger partial charge in [-0.25, -0.2) is 4.79 Å². The molecule has 4 N–H and O–H groups in total. The number of alkyl carbamates (subject to hydrolysis) is 1. The Kier molecular flexibility index (Phi) is 7.82. The Labute approximate surface area is 141 Å². The van der Waals surface area contributed by atoms with Crippen LogP contribution in [0.2, 0.25) is 0 Å². The van der Waals surface area contributed by atoms with E-state index in [0.717, 1.165) is 5.56 Å². The lowest BCUT2D eigenvalue weighted by atomic mass is 10.2. The Balaban J connectivity index is 2.28. The van der Waals surface area contributed by atoms with E-state index in [1.54, 1.807) is 6.92 Å². The molecule has 0 aliphatic carbocycles. The van der Waals surface area contributed by atoms with Gasteiger partial charge in [-0.2, -0.15) is 0 Å². The van der Waals surface area contributed by atoms with E-state index < -0.39 is 18.0 Å². The molecule has 1 atom stereocenters. The molecule has 2 amide bonds. The zero-order valence-corrected chi connectivity index (χ0v) is 14.2. The molecule has 0 aliphatic heterocycles. The summed E-state index contributed by atoms with van der Waals surface area (Å²) < 4.78 is 5.04. The van der Waals surface area contributed by atoms with E-state index in [1.807, 2.05) is 44.2 Å². The molecular weight excluding hydrogens is 316 g/mol. The number of benzene rings is 1. The highest BCUT2D eigenvalue weighted by molar-refractivity contribution is 7.80.